The summed E-state index contributed by atoms with van der Waals surface area (Å²) >= 11 is 3.31. The van der Waals surface area contributed by atoms with Crippen molar-refractivity contribution in [2.75, 3.05) is 5.73 Å². The first-order chi connectivity index (χ1) is 7.35. The van der Waals surface area contributed by atoms with Gasteiger partial charge in [-0.1, -0.05) is 6.92 Å². The maximum Gasteiger partial charge on any atom is 0.251 e. The molecule has 0 aromatic heterocycles. The van der Waals surface area contributed by atoms with Gasteiger partial charge in [0, 0.05) is 21.3 Å². The van der Waals surface area contributed by atoms with Crippen LogP contribution in [0.1, 0.15) is 37.6 Å². The molecule has 1 aromatic carbocycles. The Labute approximate surface area is 105 Å². The van der Waals surface area contributed by atoms with Crippen LogP contribution in [-0.2, 0) is 0 Å². The molecule has 0 saturated carbocycles. The van der Waals surface area contributed by atoms with E-state index in [4.69, 9.17) is 5.73 Å². The Morgan fingerprint density at radius 3 is 2.62 bits per heavy atom. The van der Waals surface area contributed by atoms with Gasteiger partial charge < -0.3 is 11.1 Å². The quantitative estimate of drug-likeness (QED) is 0.839. The molecule has 0 radical (unpaired) electrons. The molecule has 1 aromatic rings. The summed E-state index contributed by atoms with van der Waals surface area (Å²) in [6.07, 6.45) is 0.884. The molecule has 0 aliphatic heterocycles. The molecule has 1 amide bonds. The molecular weight excluding hydrogens is 268 g/mol. The van der Waals surface area contributed by atoms with Gasteiger partial charge in [-0.15, -0.1) is 0 Å². The average molecular weight is 285 g/mol. The number of carbonyl (C=O) groups excluding carboxylic acids is 1. The molecule has 0 unspecified atom stereocenters. The van der Waals surface area contributed by atoms with E-state index in [1.165, 1.54) is 0 Å². The molecule has 16 heavy (non-hydrogen) atoms. The van der Waals surface area contributed by atoms with Crippen molar-refractivity contribution in [3.05, 3.63) is 28.2 Å². The van der Waals surface area contributed by atoms with Crippen LogP contribution >= 0.6 is 15.9 Å². The van der Waals surface area contributed by atoms with E-state index >= 15 is 0 Å². The minimum Gasteiger partial charge on any atom is -0.398 e. The Kier molecular flexibility index (Phi) is 3.97. The highest BCUT2D eigenvalue weighted by Crippen LogP contribution is 2.20. The van der Waals surface area contributed by atoms with Crippen LogP contribution in [0.4, 0.5) is 5.69 Å². The molecule has 0 aliphatic carbocycles. The van der Waals surface area contributed by atoms with Crippen molar-refractivity contribution in [1.29, 1.82) is 0 Å². The Bertz CT molecular complexity index is 402. The van der Waals surface area contributed by atoms with Gasteiger partial charge >= 0.3 is 0 Å². The third kappa shape index (κ3) is 3.23. The van der Waals surface area contributed by atoms with E-state index in [1.54, 1.807) is 18.2 Å². The summed E-state index contributed by atoms with van der Waals surface area (Å²) in [4.78, 5) is 11.9. The van der Waals surface area contributed by atoms with Gasteiger partial charge in [-0.25, -0.2) is 0 Å². The Morgan fingerprint density at radius 1 is 1.50 bits per heavy atom. The number of anilines is 1. The highest BCUT2D eigenvalue weighted by atomic mass is 79.9. The SMILES string of the molecule is CCC(C)(C)NC(=O)c1ccc(N)c(Br)c1. The Balaban J connectivity index is 2.85. The second-order valence-electron chi connectivity index (χ2n) is 4.43. The highest BCUT2D eigenvalue weighted by Gasteiger charge is 2.18. The van der Waals surface area contributed by atoms with Crippen LogP contribution in [-0.4, -0.2) is 11.4 Å². The smallest absolute Gasteiger partial charge is 0.251 e. The monoisotopic (exact) mass is 284 g/mol. The zero-order chi connectivity index (χ0) is 12.3. The van der Waals surface area contributed by atoms with Crippen LogP contribution < -0.4 is 11.1 Å². The number of hydrogen-bond donors (Lipinski definition) is 2. The fraction of sp³-hybridized carbons (Fsp3) is 0.417. The number of halogens is 1. The molecule has 3 nitrogen and oxygen atoms in total. The zero-order valence-corrected chi connectivity index (χ0v) is 11.4. The summed E-state index contributed by atoms with van der Waals surface area (Å²) in [7, 11) is 0. The van der Waals surface area contributed by atoms with E-state index in [1.807, 2.05) is 20.8 Å². The van der Waals surface area contributed by atoms with Crippen molar-refractivity contribution in [3.63, 3.8) is 0 Å². The lowest BCUT2D eigenvalue weighted by molar-refractivity contribution is 0.0911. The molecule has 0 atom stereocenters. The maximum atomic E-state index is 11.9. The van der Waals surface area contributed by atoms with E-state index in [9.17, 15) is 4.79 Å². The normalized spacial score (nSPS) is 11.2. The predicted molar refractivity (Wildman–Crippen MR) is 70.4 cm³/mol. The molecule has 1 rings (SSSR count). The van der Waals surface area contributed by atoms with Crippen LogP contribution in [0.15, 0.2) is 22.7 Å². The largest absolute Gasteiger partial charge is 0.398 e. The molecule has 0 saturated heterocycles. The van der Waals surface area contributed by atoms with Crippen molar-refractivity contribution in [2.45, 2.75) is 32.7 Å². The first kappa shape index (κ1) is 13.0. The maximum absolute atomic E-state index is 11.9. The number of amides is 1. The van der Waals surface area contributed by atoms with E-state index < -0.39 is 0 Å². The van der Waals surface area contributed by atoms with Crippen molar-refractivity contribution in [1.82, 2.24) is 5.32 Å². The summed E-state index contributed by atoms with van der Waals surface area (Å²) < 4.78 is 0.745. The van der Waals surface area contributed by atoms with Crippen LogP contribution in [0, 0.1) is 0 Å². The molecule has 0 fully saturated rings. The third-order valence-corrected chi connectivity index (χ3v) is 3.29. The van der Waals surface area contributed by atoms with E-state index in [0.29, 0.717) is 11.3 Å². The predicted octanol–water partition coefficient (Wildman–Crippen LogP) is 2.95. The Hall–Kier alpha value is -1.03. The second-order valence-corrected chi connectivity index (χ2v) is 5.28. The van der Waals surface area contributed by atoms with Crippen molar-refractivity contribution >= 4 is 27.5 Å². The van der Waals surface area contributed by atoms with Crippen LogP contribution in [0.3, 0.4) is 0 Å². The highest BCUT2D eigenvalue weighted by molar-refractivity contribution is 9.10. The van der Waals surface area contributed by atoms with Crippen molar-refractivity contribution in [2.24, 2.45) is 0 Å². The van der Waals surface area contributed by atoms with Crippen LogP contribution in [0.5, 0.6) is 0 Å². The van der Waals surface area contributed by atoms with Gasteiger partial charge in [0.05, 0.1) is 0 Å². The van der Waals surface area contributed by atoms with Crippen LogP contribution in [0.25, 0.3) is 0 Å². The van der Waals surface area contributed by atoms with Crippen molar-refractivity contribution in [3.8, 4) is 0 Å². The number of benzene rings is 1. The van der Waals surface area contributed by atoms with Gasteiger partial charge in [-0.05, 0) is 54.4 Å². The molecule has 3 N–H and O–H groups in total. The van der Waals surface area contributed by atoms with Gasteiger partial charge in [0.1, 0.15) is 0 Å². The number of rotatable bonds is 3. The molecule has 88 valence electrons. The summed E-state index contributed by atoms with van der Waals surface area (Å²) in [5.41, 5.74) is 6.72. The lowest BCUT2D eigenvalue weighted by Gasteiger charge is -2.24. The van der Waals surface area contributed by atoms with Crippen LogP contribution in [0.2, 0.25) is 0 Å². The van der Waals surface area contributed by atoms with E-state index in [-0.39, 0.29) is 11.4 Å². The van der Waals surface area contributed by atoms with Gasteiger partial charge in [0.25, 0.3) is 5.91 Å². The first-order valence-electron chi connectivity index (χ1n) is 5.23. The number of hydrogen-bond acceptors (Lipinski definition) is 2. The molecule has 0 aliphatic rings. The average Bonchev–Trinajstić information content (AvgIpc) is 2.21. The van der Waals surface area contributed by atoms with Gasteiger partial charge in [-0.3, -0.25) is 4.79 Å². The second kappa shape index (κ2) is 4.87. The minimum absolute atomic E-state index is 0.0763. The van der Waals surface area contributed by atoms with E-state index in [2.05, 4.69) is 21.2 Å². The summed E-state index contributed by atoms with van der Waals surface area (Å²) in [6, 6.07) is 5.18. The van der Waals surface area contributed by atoms with Gasteiger partial charge in [-0.2, -0.15) is 0 Å². The minimum atomic E-state index is -0.190. The first-order valence-corrected chi connectivity index (χ1v) is 6.02. The topological polar surface area (TPSA) is 55.1 Å². The summed E-state index contributed by atoms with van der Waals surface area (Å²) in [5.74, 6) is -0.0763. The molecular formula is C12H17BrN2O. The fourth-order valence-electron chi connectivity index (χ4n) is 1.14. The standard InChI is InChI=1S/C12H17BrN2O/c1-4-12(2,3)15-11(16)8-5-6-10(14)9(13)7-8/h5-7H,4,14H2,1-3H3,(H,15,16). The van der Waals surface area contributed by atoms with Crippen molar-refractivity contribution < 1.29 is 4.79 Å². The lowest BCUT2D eigenvalue weighted by Crippen LogP contribution is -2.42. The number of carbonyl (C=O) groups is 1. The van der Waals surface area contributed by atoms with E-state index in [0.717, 1.165) is 10.9 Å². The lowest BCUT2D eigenvalue weighted by atomic mass is 10.0. The number of nitrogens with one attached hydrogen (secondary N) is 1. The number of nitrogen functional groups attached to an aromatic ring is 1. The number of nitrogens with two attached hydrogens (primary N) is 1. The summed E-state index contributed by atoms with van der Waals surface area (Å²) in [5, 5.41) is 2.97. The van der Waals surface area contributed by atoms with Gasteiger partial charge in [0.2, 0.25) is 0 Å². The molecule has 4 heteroatoms. The van der Waals surface area contributed by atoms with Gasteiger partial charge in [0.15, 0.2) is 0 Å². The molecule has 0 heterocycles. The molecule has 0 bridgehead atoms. The summed E-state index contributed by atoms with van der Waals surface area (Å²) in [6.45, 7) is 6.04. The molecule has 0 spiro atoms. The zero-order valence-electron chi connectivity index (χ0n) is 9.80. The Morgan fingerprint density at radius 2 is 2.12 bits per heavy atom. The third-order valence-electron chi connectivity index (χ3n) is 2.60. The fourth-order valence-corrected chi connectivity index (χ4v) is 1.52.